The fourth-order valence-corrected chi connectivity index (χ4v) is 6.12. The Kier molecular flexibility index (Phi) is 8.87. The summed E-state index contributed by atoms with van der Waals surface area (Å²) in [7, 11) is -3.43. The molecule has 0 unspecified atom stereocenters. The van der Waals surface area contributed by atoms with Crippen LogP contribution in [-0.2, 0) is 14.6 Å². The Morgan fingerprint density at radius 1 is 1.06 bits per heavy atom. The van der Waals surface area contributed by atoms with Crippen LogP contribution in [0.5, 0.6) is 0 Å². The van der Waals surface area contributed by atoms with Crippen LogP contribution in [0.1, 0.15) is 32.3 Å². The van der Waals surface area contributed by atoms with E-state index in [4.69, 9.17) is 11.6 Å². The molecule has 6 nitrogen and oxygen atoms in total. The van der Waals surface area contributed by atoms with Crippen LogP contribution in [0.15, 0.2) is 47.4 Å². The van der Waals surface area contributed by atoms with Gasteiger partial charge in [0.25, 0.3) is 0 Å². The van der Waals surface area contributed by atoms with Gasteiger partial charge in [-0.2, -0.15) is 0 Å². The number of carbonyl (C=O) groups excluding carboxylic acids is 1. The summed E-state index contributed by atoms with van der Waals surface area (Å²) < 4.78 is 26.2. The quantitative estimate of drug-likeness (QED) is 0.357. The van der Waals surface area contributed by atoms with Gasteiger partial charge >= 0.3 is 0 Å². The number of sulfone groups is 1. The Balaban J connectivity index is 1.73. The highest BCUT2D eigenvalue weighted by Crippen LogP contribution is 2.31. The normalized spacial score (nSPS) is 11.9. The number of rotatable bonds is 11. The number of aromatic nitrogens is 1. The number of amides is 1. The zero-order valence-corrected chi connectivity index (χ0v) is 21.6. The molecule has 0 aliphatic rings. The maximum Gasteiger partial charge on any atom is 0.228 e. The zero-order chi connectivity index (χ0) is 24.0. The number of aryl methyl sites for hydroxylation is 1. The van der Waals surface area contributed by atoms with Crippen LogP contribution in [0.2, 0.25) is 5.02 Å². The second kappa shape index (κ2) is 11.4. The molecular formula is C24H30ClN3O3S2. The van der Waals surface area contributed by atoms with E-state index in [1.165, 1.54) is 11.3 Å². The molecule has 1 aromatic heterocycles. The van der Waals surface area contributed by atoms with Gasteiger partial charge in [-0.15, -0.1) is 0 Å². The molecule has 3 rings (SSSR count). The molecule has 2 aromatic carbocycles. The lowest BCUT2D eigenvalue weighted by atomic mass is 10.2. The molecule has 0 spiro atoms. The Hall–Kier alpha value is -2.00. The van der Waals surface area contributed by atoms with Crippen LogP contribution in [0.4, 0.5) is 5.13 Å². The molecule has 0 aliphatic carbocycles. The van der Waals surface area contributed by atoms with Gasteiger partial charge in [-0.3, -0.25) is 9.69 Å². The van der Waals surface area contributed by atoms with Crippen LogP contribution < -0.4 is 4.90 Å². The van der Waals surface area contributed by atoms with Gasteiger partial charge in [0.05, 0.1) is 20.9 Å². The van der Waals surface area contributed by atoms with E-state index in [2.05, 4.69) is 23.7 Å². The predicted molar refractivity (Wildman–Crippen MR) is 137 cm³/mol. The molecule has 0 aliphatic heterocycles. The van der Waals surface area contributed by atoms with E-state index in [9.17, 15) is 13.2 Å². The molecule has 3 aromatic rings. The zero-order valence-electron chi connectivity index (χ0n) is 19.3. The van der Waals surface area contributed by atoms with Crippen molar-refractivity contribution in [3.05, 3.63) is 53.1 Å². The topological polar surface area (TPSA) is 70.6 Å². The largest absolute Gasteiger partial charge is 0.302 e. The number of carbonyl (C=O) groups is 1. The van der Waals surface area contributed by atoms with Crippen LogP contribution in [0.25, 0.3) is 10.2 Å². The van der Waals surface area contributed by atoms with Gasteiger partial charge in [0.1, 0.15) is 0 Å². The van der Waals surface area contributed by atoms with E-state index in [1.54, 1.807) is 35.2 Å². The fourth-order valence-electron chi connectivity index (χ4n) is 3.52. The van der Waals surface area contributed by atoms with Gasteiger partial charge in [-0.1, -0.05) is 54.5 Å². The minimum absolute atomic E-state index is 0.0683. The SMILES string of the molecule is CCN(CC)CCN(C(=O)CCCS(=O)(=O)c1ccc(C)cc1)c1nc2ccc(Cl)cc2s1. The lowest BCUT2D eigenvalue weighted by molar-refractivity contribution is -0.118. The monoisotopic (exact) mass is 507 g/mol. The first-order valence-electron chi connectivity index (χ1n) is 11.1. The highest BCUT2D eigenvalue weighted by Gasteiger charge is 2.22. The summed E-state index contributed by atoms with van der Waals surface area (Å²) in [5.74, 6) is -0.187. The van der Waals surface area contributed by atoms with Crippen molar-refractivity contribution in [1.82, 2.24) is 9.88 Å². The van der Waals surface area contributed by atoms with Gasteiger partial charge in [-0.05, 0) is 56.8 Å². The molecule has 0 bridgehead atoms. The Morgan fingerprint density at radius 3 is 2.42 bits per heavy atom. The van der Waals surface area contributed by atoms with Gasteiger partial charge < -0.3 is 4.90 Å². The number of hydrogen-bond acceptors (Lipinski definition) is 6. The predicted octanol–water partition coefficient (Wildman–Crippen LogP) is 5.19. The van der Waals surface area contributed by atoms with E-state index < -0.39 is 9.84 Å². The maximum absolute atomic E-state index is 13.2. The summed E-state index contributed by atoms with van der Waals surface area (Å²) in [5.41, 5.74) is 1.80. The van der Waals surface area contributed by atoms with Gasteiger partial charge in [-0.25, -0.2) is 13.4 Å². The summed E-state index contributed by atoms with van der Waals surface area (Å²) in [6.45, 7) is 9.09. The smallest absolute Gasteiger partial charge is 0.228 e. The Labute approximate surface area is 205 Å². The molecule has 9 heteroatoms. The van der Waals surface area contributed by atoms with Crippen molar-refractivity contribution in [2.45, 2.75) is 38.5 Å². The Bertz CT molecular complexity index is 1190. The van der Waals surface area contributed by atoms with Gasteiger partial charge in [0.15, 0.2) is 15.0 Å². The summed E-state index contributed by atoms with van der Waals surface area (Å²) in [6.07, 6.45) is 0.396. The summed E-state index contributed by atoms with van der Waals surface area (Å²) in [4.78, 5) is 22.1. The van der Waals surface area contributed by atoms with Gasteiger partial charge in [0.2, 0.25) is 5.91 Å². The standard InChI is InChI=1S/C24H30ClN3O3S2/c1-4-27(5-2)14-15-28(24-26-21-13-10-19(25)17-22(21)32-24)23(29)7-6-16-33(30,31)20-11-8-18(3)9-12-20/h8-13,17H,4-7,14-16H2,1-3H3. The highest BCUT2D eigenvalue weighted by atomic mass is 35.5. The minimum Gasteiger partial charge on any atom is -0.302 e. The van der Waals surface area contributed by atoms with E-state index in [1.807, 2.05) is 19.1 Å². The third-order valence-corrected chi connectivity index (χ3v) is 8.68. The first-order chi connectivity index (χ1) is 15.7. The average molecular weight is 508 g/mol. The number of hydrogen-bond donors (Lipinski definition) is 0. The second-order valence-corrected chi connectivity index (χ2v) is 11.5. The summed E-state index contributed by atoms with van der Waals surface area (Å²) >= 11 is 7.54. The highest BCUT2D eigenvalue weighted by molar-refractivity contribution is 7.91. The third-order valence-electron chi connectivity index (χ3n) is 5.59. The van der Waals surface area contributed by atoms with Crippen LogP contribution >= 0.6 is 22.9 Å². The van der Waals surface area contributed by atoms with Crippen molar-refractivity contribution in [2.24, 2.45) is 0 Å². The number of likely N-dealkylation sites (N-methyl/N-ethyl adjacent to an activating group) is 1. The number of benzene rings is 2. The van der Waals surface area contributed by atoms with E-state index in [0.717, 1.165) is 35.4 Å². The number of thiazole rings is 1. The molecule has 33 heavy (non-hydrogen) atoms. The minimum atomic E-state index is -3.43. The number of nitrogens with zero attached hydrogens (tertiary/aromatic N) is 3. The molecule has 1 amide bonds. The van der Waals surface area contributed by atoms with Crippen molar-refractivity contribution < 1.29 is 13.2 Å². The van der Waals surface area contributed by atoms with Crippen molar-refractivity contribution >= 4 is 54.0 Å². The number of fused-ring (bicyclic) bond motifs is 1. The second-order valence-electron chi connectivity index (χ2n) is 7.92. The summed E-state index contributed by atoms with van der Waals surface area (Å²) in [5, 5.41) is 1.24. The molecule has 1 heterocycles. The Morgan fingerprint density at radius 2 is 1.76 bits per heavy atom. The van der Waals surface area contributed by atoms with E-state index in [-0.39, 0.29) is 24.5 Å². The van der Waals surface area contributed by atoms with Crippen LogP contribution in [-0.4, -0.2) is 56.1 Å². The maximum atomic E-state index is 13.2. The fraction of sp³-hybridized carbons (Fsp3) is 0.417. The number of anilines is 1. The van der Waals surface area contributed by atoms with E-state index >= 15 is 0 Å². The molecule has 0 N–H and O–H groups in total. The first kappa shape index (κ1) is 25.6. The molecule has 0 radical (unpaired) electrons. The van der Waals surface area contributed by atoms with Crippen molar-refractivity contribution in [1.29, 1.82) is 0 Å². The molecule has 178 valence electrons. The van der Waals surface area contributed by atoms with Crippen LogP contribution in [0, 0.1) is 6.92 Å². The third kappa shape index (κ3) is 6.76. The lowest BCUT2D eigenvalue weighted by Crippen LogP contribution is -2.38. The molecule has 0 fully saturated rings. The first-order valence-corrected chi connectivity index (χ1v) is 14.0. The van der Waals surface area contributed by atoms with Crippen molar-refractivity contribution in [3.63, 3.8) is 0 Å². The summed E-state index contributed by atoms with van der Waals surface area (Å²) in [6, 6.07) is 12.3. The molecule has 0 atom stereocenters. The molecule has 0 saturated heterocycles. The van der Waals surface area contributed by atoms with E-state index in [0.29, 0.717) is 21.6 Å². The van der Waals surface area contributed by atoms with Crippen LogP contribution in [0.3, 0.4) is 0 Å². The molecular weight excluding hydrogens is 478 g/mol. The van der Waals surface area contributed by atoms with Gasteiger partial charge in [0, 0.05) is 24.5 Å². The van der Waals surface area contributed by atoms with Crippen molar-refractivity contribution in [2.75, 3.05) is 36.8 Å². The number of halogens is 1. The molecule has 0 saturated carbocycles. The van der Waals surface area contributed by atoms with Crippen molar-refractivity contribution in [3.8, 4) is 0 Å². The lowest BCUT2D eigenvalue weighted by Gasteiger charge is -2.24. The average Bonchev–Trinajstić information content (AvgIpc) is 3.19.